The Hall–Kier alpha value is -1.55. The van der Waals surface area contributed by atoms with Crippen LogP contribution in [0.5, 0.6) is 0 Å². The van der Waals surface area contributed by atoms with Crippen molar-refractivity contribution in [2.45, 2.75) is 63.6 Å². The molecule has 6 heterocycles. The van der Waals surface area contributed by atoms with Crippen LogP contribution in [0.3, 0.4) is 0 Å². The number of rotatable bonds is 2. The predicted octanol–water partition coefficient (Wildman–Crippen LogP) is 4.19. The van der Waals surface area contributed by atoms with Gasteiger partial charge in [-0.15, -0.1) is 11.3 Å². The highest BCUT2D eigenvalue weighted by atomic mass is 35.5. The zero-order valence-corrected chi connectivity index (χ0v) is 18.4. The Morgan fingerprint density at radius 1 is 1.20 bits per heavy atom. The molecule has 3 aliphatic heterocycles. The molecular weight excluding hydrogens is 426 g/mol. The maximum absolute atomic E-state index is 6.61. The SMILES string of the molecule is Cc1ncnc2c1ccn2[C@@H]1O[C@H]([C@@H]2OCCc3cc(Cl)sc32)[C@H]2OC(C)(C)O[C@H]21. The highest BCUT2D eigenvalue weighted by molar-refractivity contribution is 7.16. The number of nitrogens with zero attached hydrogens (tertiary/aromatic N) is 3. The normalized spacial score (nSPS) is 32.5. The second-order valence-corrected chi connectivity index (χ2v) is 10.2. The molecule has 30 heavy (non-hydrogen) atoms. The van der Waals surface area contributed by atoms with Crippen LogP contribution in [0.25, 0.3) is 11.0 Å². The summed E-state index contributed by atoms with van der Waals surface area (Å²) in [5.74, 6) is -0.700. The number of aromatic nitrogens is 3. The van der Waals surface area contributed by atoms with Gasteiger partial charge in [-0.1, -0.05) is 11.6 Å². The van der Waals surface area contributed by atoms with Gasteiger partial charge in [-0.05, 0) is 44.9 Å². The molecular formula is C21H22ClN3O4S. The zero-order valence-electron chi connectivity index (χ0n) is 16.9. The van der Waals surface area contributed by atoms with Crippen molar-refractivity contribution in [2.24, 2.45) is 0 Å². The lowest BCUT2D eigenvalue weighted by atomic mass is 9.99. The highest BCUT2D eigenvalue weighted by Crippen LogP contribution is 2.50. The van der Waals surface area contributed by atoms with E-state index in [0.29, 0.717) is 6.61 Å². The first kappa shape index (κ1) is 19.2. The summed E-state index contributed by atoms with van der Waals surface area (Å²) in [6.07, 6.45) is 2.97. The van der Waals surface area contributed by atoms with Crippen LogP contribution in [-0.4, -0.2) is 45.2 Å². The number of aryl methyl sites for hydroxylation is 1. The first-order chi connectivity index (χ1) is 14.4. The van der Waals surface area contributed by atoms with Gasteiger partial charge in [0.15, 0.2) is 12.0 Å². The van der Waals surface area contributed by atoms with Gasteiger partial charge in [0.2, 0.25) is 0 Å². The number of thiophene rings is 1. The van der Waals surface area contributed by atoms with Gasteiger partial charge < -0.3 is 23.5 Å². The molecule has 0 radical (unpaired) electrons. The van der Waals surface area contributed by atoms with E-state index < -0.39 is 5.79 Å². The molecule has 7 nitrogen and oxygen atoms in total. The number of ether oxygens (including phenoxy) is 4. The van der Waals surface area contributed by atoms with Gasteiger partial charge in [-0.3, -0.25) is 0 Å². The van der Waals surface area contributed by atoms with Crippen molar-refractivity contribution in [3.63, 3.8) is 0 Å². The van der Waals surface area contributed by atoms with Crippen LogP contribution in [0, 0.1) is 6.92 Å². The molecule has 0 aliphatic carbocycles. The van der Waals surface area contributed by atoms with Crippen LogP contribution in [0.15, 0.2) is 24.7 Å². The third-order valence-corrected chi connectivity index (χ3v) is 7.45. The second-order valence-electron chi connectivity index (χ2n) is 8.46. The van der Waals surface area contributed by atoms with E-state index in [-0.39, 0.29) is 30.6 Å². The van der Waals surface area contributed by atoms with Crippen molar-refractivity contribution in [3.8, 4) is 0 Å². The molecule has 5 atom stereocenters. The Morgan fingerprint density at radius 2 is 2.03 bits per heavy atom. The van der Waals surface area contributed by atoms with Crippen molar-refractivity contribution in [3.05, 3.63) is 45.1 Å². The third-order valence-electron chi connectivity index (χ3n) is 6.08. The average molecular weight is 448 g/mol. The van der Waals surface area contributed by atoms with E-state index in [1.54, 1.807) is 17.7 Å². The Kier molecular flexibility index (Phi) is 4.29. The van der Waals surface area contributed by atoms with Gasteiger partial charge >= 0.3 is 0 Å². The maximum Gasteiger partial charge on any atom is 0.164 e. The molecule has 6 rings (SSSR count). The van der Waals surface area contributed by atoms with Gasteiger partial charge in [-0.25, -0.2) is 9.97 Å². The van der Waals surface area contributed by atoms with Gasteiger partial charge in [-0.2, -0.15) is 0 Å². The quantitative estimate of drug-likeness (QED) is 0.587. The van der Waals surface area contributed by atoms with Gasteiger partial charge in [0.1, 0.15) is 36.4 Å². The predicted molar refractivity (Wildman–Crippen MR) is 112 cm³/mol. The molecule has 0 spiro atoms. The van der Waals surface area contributed by atoms with Crippen molar-refractivity contribution >= 4 is 34.0 Å². The van der Waals surface area contributed by atoms with Crippen LogP contribution in [0.1, 0.15) is 42.3 Å². The standard InChI is InChI=1S/C21H22ClN3O4S/c1-10-12-4-6-25(19(12)24-9-23-10)20-17-15(28-21(2,3)29-17)14(27-20)16-18-11(5-7-26-16)8-13(22)30-18/h4,6,8-9,14-17,20H,5,7H2,1-3H3/t14-,15+,16-,17+,20+/m0/s1. The number of halogens is 1. The van der Waals surface area contributed by atoms with Crippen LogP contribution >= 0.6 is 22.9 Å². The molecule has 9 heteroatoms. The summed E-state index contributed by atoms with van der Waals surface area (Å²) >= 11 is 7.88. The minimum atomic E-state index is -0.700. The minimum Gasteiger partial charge on any atom is -0.369 e. The fourth-order valence-corrected chi connectivity index (χ4v) is 6.24. The van der Waals surface area contributed by atoms with Crippen LogP contribution in [0.4, 0.5) is 0 Å². The summed E-state index contributed by atoms with van der Waals surface area (Å²) in [6, 6.07) is 4.06. The summed E-state index contributed by atoms with van der Waals surface area (Å²) in [5.41, 5.74) is 2.99. The van der Waals surface area contributed by atoms with Crippen LogP contribution in [0.2, 0.25) is 4.34 Å². The molecule has 2 fully saturated rings. The van der Waals surface area contributed by atoms with E-state index in [4.69, 9.17) is 30.5 Å². The number of hydrogen-bond acceptors (Lipinski definition) is 7. The average Bonchev–Trinajstić information content (AvgIpc) is 3.42. The molecule has 3 aromatic heterocycles. The van der Waals surface area contributed by atoms with Crippen LogP contribution < -0.4 is 0 Å². The molecule has 3 aromatic rings. The summed E-state index contributed by atoms with van der Waals surface area (Å²) < 4.78 is 28.3. The van der Waals surface area contributed by atoms with E-state index >= 15 is 0 Å². The van der Waals surface area contributed by atoms with Gasteiger partial charge in [0.25, 0.3) is 0 Å². The fraction of sp³-hybridized carbons (Fsp3) is 0.524. The van der Waals surface area contributed by atoms with E-state index in [1.807, 2.05) is 43.7 Å². The Labute approximate surface area is 182 Å². The topological polar surface area (TPSA) is 67.6 Å². The minimum absolute atomic E-state index is 0.237. The molecule has 0 saturated carbocycles. The Balaban J connectivity index is 1.42. The molecule has 0 aromatic carbocycles. The zero-order chi connectivity index (χ0) is 20.6. The van der Waals surface area contributed by atoms with Crippen molar-refractivity contribution < 1.29 is 18.9 Å². The molecule has 0 bridgehead atoms. The lowest BCUT2D eigenvalue weighted by Crippen LogP contribution is -2.36. The lowest BCUT2D eigenvalue weighted by molar-refractivity contribution is -0.212. The summed E-state index contributed by atoms with van der Waals surface area (Å²) in [7, 11) is 0. The van der Waals surface area contributed by atoms with Crippen LogP contribution in [-0.2, 0) is 25.4 Å². The smallest absolute Gasteiger partial charge is 0.164 e. The Morgan fingerprint density at radius 3 is 2.90 bits per heavy atom. The van der Waals surface area contributed by atoms with E-state index in [2.05, 4.69) is 9.97 Å². The molecule has 158 valence electrons. The summed E-state index contributed by atoms with van der Waals surface area (Å²) in [4.78, 5) is 9.93. The summed E-state index contributed by atoms with van der Waals surface area (Å²) in [5, 5.41) is 1.00. The highest BCUT2D eigenvalue weighted by Gasteiger charge is 2.59. The van der Waals surface area contributed by atoms with E-state index in [1.165, 1.54) is 5.56 Å². The van der Waals surface area contributed by atoms with E-state index in [0.717, 1.165) is 32.4 Å². The Bertz CT molecular complexity index is 1130. The number of hydrogen-bond donors (Lipinski definition) is 0. The third kappa shape index (κ3) is 2.86. The maximum atomic E-state index is 6.61. The lowest BCUT2D eigenvalue weighted by Gasteiger charge is -2.31. The second kappa shape index (κ2) is 6.72. The molecule has 2 saturated heterocycles. The number of fused-ring (bicyclic) bond motifs is 3. The van der Waals surface area contributed by atoms with Crippen molar-refractivity contribution in [2.75, 3.05) is 6.61 Å². The van der Waals surface area contributed by atoms with Gasteiger partial charge in [0, 0.05) is 16.5 Å². The van der Waals surface area contributed by atoms with Crippen molar-refractivity contribution in [1.29, 1.82) is 0 Å². The molecule has 3 aliphatic rings. The summed E-state index contributed by atoms with van der Waals surface area (Å²) in [6.45, 7) is 6.49. The first-order valence-corrected chi connectivity index (χ1v) is 11.3. The molecule has 0 amide bonds. The molecule has 0 N–H and O–H groups in total. The van der Waals surface area contributed by atoms with Crippen molar-refractivity contribution in [1.82, 2.24) is 14.5 Å². The largest absolute Gasteiger partial charge is 0.369 e. The van der Waals surface area contributed by atoms with E-state index in [9.17, 15) is 0 Å². The monoisotopic (exact) mass is 447 g/mol. The first-order valence-electron chi connectivity index (χ1n) is 10.1. The fourth-order valence-electron chi connectivity index (χ4n) is 4.84. The van der Waals surface area contributed by atoms with Gasteiger partial charge in [0.05, 0.1) is 16.6 Å². The molecule has 0 unspecified atom stereocenters.